The van der Waals surface area contributed by atoms with Gasteiger partial charge in [-0.15, -0.1) is 5.04 Å². The molecule has 33 heavy (non-hydrogen) atoms. The van der Waals surface area contributed by atoms with E-state index in [-0.39, 0.29) is 17.6 Å². The Morgan fingerprint density at radius 3 is 1.82 bits per heavy atom. The van der Waals surface area contributed by atoms with Crippen molar-refractivity contribution >= 4 is 24.7 Å². The topological polar surface area (TPSA) is 61.5 Å². The molecule has 0 saturated carbocycles. The molecule has 0 aliphatic carbocycles. The molecular weight excluding hydrogens is 426 g/mol. The Hall–Kier alpha value is -2.73. The number of carbonyl (C=O) groups is 1. The average molecular weight is 462 g/mol. The monoisotopic (exact) mass is 461 g/mol. The van der Waals surface area contributed by atoms with Crippen LogP contribution in [0, 0.1) is 0 Å². The summed E-state index contributed by atoms with van der Waals surface area (Å²) in [5, 5.41) is 2.41. The van der Waals surface area contributed by atoms with E-state index in [0.717, 1.165) is 5.56 Å². The third-order valence-electron chi connectivity index (χ3n) is 5.92. The van der Waals surface area contributed by atoms with Gasteiger partial charge in [0.1, 0.15) is 12.6 Å². The lowest BCUT2D eigenvalue weighted by atomic mass is 10.2. The van der Waals surface area contributed by atoms with Gasteiger partial charge in [-0.25, -0.2) is 0 Å². The minimum atomic E-state index is -2.56. The molecular formula is C28H35NO3Si-. The molecule has 0 aromatic heterocycles. The quantitative estimate of drug-likeness (QED) is 0.276. The van der Waals surface area contributed by atoms with Crippen molar-refractivity contribution in [1.82, 2.24) is 0 Å². The first kappa shape index (κ1) is 24.9. The van der Waals surface area contributed by atoms with Crippen LogP contribution in [0.15, 0.2) is 91.0 Å². The number of carbonyl (C=O) groups excluding carboxylic acids is 1. The first-order valence-electron chi connectivity index (χ1n) is 11.6. The molecule has 0 fully saturated rings. The highest BCUT2D eigenvalue weighted by atomic mass is 28.4. The standard InChI is InChI=1S/C28H35NO3Si/c1-28(2,3)33(24-16-9-5-10-17-24,25-18-11-6-12-19-25)32-21-13-20-26(29)27(30)31-22-23-14-7-4-8-15-23/h4-12,14-19,26H,13,20-22,29H2,1-3H3/q-1/t26-/m0/s1. The van der Waals surface area contributed by atoms with Crippen LogP contribution in [-0.4, -0.2) is 26.9 Å². The minimum absolute atomic E-state index is 0.0769. The summed E-state index contributed by atoms with van der Waals surface area (Å²) in [4.78, 5) is 12.3. The van der Waals surface area contributed by atoms with Gasteiger partial charge in [-0.3, -0.25) is 4.79 Å². The van der Waals surface area contributed by atoms with Gasteiger partial charge in [-0.2, -0.15) is 10.4 Å². The van der Waals surface area contributed by atoms with E-state index in [0.29, 0.717) is 19.4 Å². The lowest BCUT2D eigenvalue weighted by Gasteiger charge is -2.55. The number of hydrogen-bond acceptors (Lipinski definition) is 4. The van der Waals surface area contributed by atoms with Crippen molar-refractivity contribution in [3.05, 3.63) is 96.6 Å². The SMILES string of the molecule is CC(C)(C)[Si-](OCCC[C@H](N)C(=O)OCc1ccccc1)(c1ccccc1)c1ccccc1. The van der Waals surface area contributed by atoms with Crippen LogP contribution in [0.4, 0.5) is 0 Å². The van der Waals surface area contributed by atoms with Crippen LogP contribution in [0.25, 0.3) is 0 Å². The second-order valence-corrected chi connectivity index (χ2v) is 13.7. The number of nitrogens with two attached hydrogens (primary N) is 1. The van der Waals surface area contributed by atoms with Gasteiger partial charge in [0.15, 0.2) is 0 Å². The van der Waals surface area contributed by atoms with E-state index in [4.69, 9.17) is 14.9 Å². The van der Waals surface area contributed by atoms with E-state index in [1.807, 2.05) is 42.5 Å². The molecule has 175 valence electrons. The van der Waals surface area contributed by atoms with E-state index >= 15 is 0 Å². The molecule has 4 nitrogen and oxygen atoms in total. The fraction of sp³-hybridized carbons (Fsp3) is 0.321. The summed E-state index contributed by atoms with van der Waals surface area (Å²) in [6.07, 6.45) is 1.21. The van der Waals surface area contributed by atoms with E-state index in [9.17, 15) is 4.79 Å². The van der Waals surface area contributed by atoms with E-state index in [1.165, 1.54) is 10.4 Å². The van der Waals surface area contributed by atoms with Crippen molar-refractivity contribution in [1.29, 1.82) is 0 Å². The predicted octanol–water partition coefficient (Wildman–Crippen LogP) is 4.41. The summed E-state index contributed by atoms with van der Waals surface area (Å²) in [5.41, 5.74) is 7.07. The minimum Gasteiger partial charge on any atom is -0.558 e. The molecule has 2 N–H and O–H groups in total. The molecule has 0 spiro atoms. The Morgan fingerprint density at radius 2 is 1.33 bits per heavy atom. The van der Waals surface area contributed by atoms with Crippen LogP contribution < -0.4 is 16.1 Å². The number of ether oxygens (including phenoxy) is 1. The number of benzene rings is 3. The van der Waals surface area contributed by atoms with Crippen molar-refractivity contribution in [2.75, 3.05) is 6.61 Å². The Labute approximate surface area is 198 Å². The summed E-state index contributed by atoms with van der Waals surface area (Å²) in [6, 6.07) is 30.1. The van der Waals surface area contributed by atoms with Crippen LogP contribution >= 0.6 is 0 Å². The Balaban J connectivity index is 1.66. The number of hydrogen-bond donors (Lipinski definition) is 1. The first-order chi connectivity index (χ1) is 15.8. The third kappa shape index (κ3) is 6.19. The summed E-state index contributed by atoms with van der Waals surface area (Å²) in [7, 11) is -2.56. The molecule has 0 heterocycles. The van der Waals surface area contributed by atoms with Crippen LogP contribution in [0.2, 0.25) is 5.04 Å². The summed E-state index contributed by atoms with van der Waals surface area (Å²) >= 11 is 0. The highest BCUT2D eigenvalue weighted by molar-refractivity contribution is 6.99. The van der Waals surface area contributed by atoms with Gasteiger partial charge >= 0.3 is 5.97 Å². The van der Waals surface area contributed by atoms with Gasteiger partial charge in [-0.1, -0.05) is 112 Å². The van der Waals surface area contributed by atoms with Gasteiger partial charge in [-0.05, 0) is 18.4 Å². The van der Waals surface area contributed by atoms with Gasteiger partial charge in [0.25, 0.3) is 0 Å². The van der Waals surface area contributed by atoms with Crippen LogP contribution in [-0.2, 0) is 20.6 Å². The molecule has 0 saturated heterocycles. The van der Waals surface area contributed by atoms with Crippen LogP contribution in [0.3, 0.4) is 0 Å². The maximum atomic E-state index is 12.3. The molecule has 0 amide bonds. The van der Waals surface area contributed by atoms with E-state index < -0.39 is 14.4 Å². The van der Waals surface area contributed by atoms with Gasteiger partial charge < -0.3 is 14.9 Å². The van der Waals surface area contributed by atoms with E-state index in [1.54, 1.807) is 0 Å². The Morgan fingerprint density at radius 1 is 0.848 bits per heavy atom. The smallest absolute Gasteiger partial charge is 0.323 e. The molecule has 3 rings (SSSR count). The van der Waals surface area contributed by atoms with Crippen molar-refractivity contribution in [2.45, 2.75) is 51.3 Å². The summed E-state index contributed by atoms with van der Waals surface area (Å²) in [5.74, 6) is -0.371. The van der Waals surface area contributed by atoms with Crippen molar-refractivity contribution in [2.24, 2.45) is 5.73 Å². The second kappa shape index (κ2) is 11.4. The van der Waals surface area contributed by atoms with Crippen molar-refractivity contribution in [3.8, 4) is 0 Å². The molecule has 0 bridgehead atoms. The maximum absolute atomic E-state index is 12.3. The largest absolute Gasteiger partial charge is 0.558 e. The first-order valence-corrected chi connectivity index (χ1v) is 13.5. The molecule has 0 aliphatic heterocycles. The van der Waals surface area contributed by atoms with E-state index in [2.05, 4.69) is 69.3 Å². The normalized spacial score (nSPS) is 12.8. The fourth-order valence-corrected chi connectivity index (χ4v) is 8.85. The lowest BCUT2D eigenvalue weighted by Crippen LogP contribution is -2.66. The van der Waals surface area contributed by atoms with Crippen LogP contribution in [0.1, 0.15) is 39.2 Å². The van der Waals surface area contributed by atoms with Gasteiger partial charge in [0.05, 0.1) is 8.32 Å². The Bertz CT molecular complexity index is 948. The molecule has 5 heteroatoms. The molecule has 0 unspecified atom stereocenters. The van der Waals surface area contributed by atoms with Crippen molar-refractivity contribution in [3.63, 3.8) is 0 Å². The third-order valence-corrected chi connectivity index (χ3v) is 11.0. The zero-order valence-corrected chi connectivity index (χ0v) is 20.9. The highest BCUT2D eigenvalue weighted by Gasteiger charge is 2.36. The molecule has 0 radical (unpaired) electrons. The van der Waals surface area contributed by atoms with Crippen molar-refractivity contribution < 1.29 is 14.0 Å². The predicted molar refractivity (Wildman–Crippen MR) is 137 cm³/mol. The second-order valence-electron chi connectivity index (χ2n) is 9.35. The maximum Gasteiger partial charge on any atom is 0.323 e. The summed E-state index contributed by atoms with van der Waals surface area (Å²) < 4.78 is 12.2. The Kier molecular flexibility index (Phi) is 8.61. The summed E-state index contributed by atoms with van der Waals surface area (Å²) in [6.45, 7) is 7.54. The van der Waals surface area contributed by atoms with Crippen LogP contribution in [0.5, 0.6) is 0 Å². The number of rotatable bonds is 10. The number of esters is 1. The molecule has 1 atom stereocenters. The zero-order valence-electron chi connectivity index (χ0n) is 19.9. The average Bonchev–Trinajstić information content (AvgIpc) is 2.83. The van der Waals surface area contributed by atoms with Gasteiger partial charge in [0.2, 0.25) is 0 Å². The fourth-order valence-electron chi connectivity index (χ4n) is 4.24. The zero-order chi connectivity index (χ0) is 23.7. The molecule has 0 aliphatic rings. The van der Waals surface area contributed by atoms with Gasteiger partial charge in [0, 0.05) is 6.61 Å². The molecule has 3 aromatic rings. The molecule has 3 aromatic carbocycles. The lowest BCUT2D eigenvalue weighted by molar-refractivity contribution is -0.146. The highest BCUT2D eigenvalue weighted by Crippen LogP contribution is 2.36.